The topological polar surface area (TPSA) is 104 Å². The molecule has 1 aliphatic rings. The van der Waals surface area contributed by atoms with Gasteiger partial charge < -0.3 is 20.9 Å². The van der Waals surface area contributed by atoms with Crippen molar-refractivity contribution in [3.05, 3.63) is 36.3 Å². The molecule has 4 N–H and O–H groups in total. The lowest BCUT2D eigenvalue weighted by molar-refractivity contribution is 0.0334. The minimum atomic E-state index is 0.444. The number of hydrogen-bond acceptors (Lipinski definition) is 7. The van der Waals surface area contributed by atoms with E-state index < -0.39 is 0 Å². The van der Waals surface area contributed by atoms with E-state index in [1.54, 1.807) is 7.11 Å². The third kappa shape index (κ3) is 2.93. The molecule has 1 fully saturated rings. The number of fused-ring (bicyclic) bond motifs is 1. The fraction of sp³-hybridized carbons (Fsp3) is 0.333. The molecule has 0 spiro atoms. The highest BCUT2D eigenvalue weighted by molar-refractivity contribution is 5.89. The Morgan fingerprint density at radius 3 is 2.77 bits per heavy atom. The second kappa shape index (κ2) is 6.81. The lowest BCUT2D eigenvalue weighted by Crippen LogP contribution is -2.36. The van der Waals surface area contributed by atoms with Crippen molar-refractivity contribution in [2.75, 3.05) is 44.9 Å². The monoisotopic (exact) mass is 354 g/mol. The van der Waals surface area contributed by atoms with Crippen LogP contribution in [-0.4, -0.2) is 52.9 Å². The minimum Gasteiger partial charge on any atom is -0.495 e. The van der Waals surface area contributed by atoms with E-state index in [1.807, 2.05) is 22.7 Å². The summed E-state index contributed by atoms with van der Waals surface area (Å²) in [6.45, 7) is 4.08. The Morgan fingerprint density at radius 2 is 2.00 bits per heavy atom. The van der Waals surface area contributed by atoms with Gasteiger partial charge in [-0.25, -0.2) is 9.50 Å². The first-order valence-electron chi connectivity index (χ1n) is 8.52. The van der Waals surface area contributed by atoms with Crippen LogP contribution in [0.15, 0.2) is 30.6 Å². The van der Waals surface area contributed by atoms with Gasteiger partial charge in [-0.2, -0.15) is 5.10 Å². The van der Waals surface area contributed by atoms with Gasteiger partial charge in [-0.1, -0.05) is 6.07 Å². The van der Waals surface area contributed by atoms with Crippen molar-refractivity contribution in [1.82, 2.24) is 19.5 Å². The summed E-state index contributed by atoms with van der Waals surface area (Å²) < 4.78 is 12.7. The van der Waals surface area contributed by atoms with Crippen molar-refractivity contribution in [3.8, 4) is 16.9 Å². The zero-order valence-electron chi connectivity index (χ0n) is 14.7. The highest BCUT2D eigenvalue weighted by Crippen LogP contribution is 2.34. The molecule has 2 aromatic heterocycles. The molecule has 3 aromatic rings. The molecular weight excluding hydrogens is 332 g/mol. The summed E-state index contributed by atoms with van der Waals surface area (Å²) in [6.07, 6.45) is 1.48. The zero-order chi connectivity index (χ0) is 18.1. The summed E-state index contributed by atoms with van der Waals surface area (Å²) >= 11 is 0. The molecule has 8 heteroatoms. The van der Waals surface area contributed by atoms with Crippen molar-refractivity contribution in [3.63, 3.8) is 0 Å². The van der Waals surface area contributed by atoms with E-state index >= 15 is 0 Å². The van der Waals surface area contributed by atoms with Gasteiger partial charge in [0.1, 0.15) is 17.6 Å². The Hall–Kier alpha value is -2.84. The number of methoxy groups -OCH3 is 1. The van der Waals surface area contributed by atoms with E-state index in [1.165, 1.54) is 6.33 Å². The molecule has 4 rings (SSSR count). The van der Waals surface area contributed by atoms with Crippen LogP contribution in [0.5, 0.6) is 5.75 Å². The first kappa shape index (κ1) is 16.6. The molecule has 0 saturated carbocycles. The van der Waals surface area contributed by atoms with Crippen molar-refractivity contribution in [1.29, 1.82) is 0 Å². The molecule has 0 atom stereocenters. The third-order valence-electron chi connectivity index (χ3n) is 4.69. The second-order valence-corrected chi connectivity index (χ2v) is 6.30. The van der Waals surface area contributed by atoms with Crippen LogP contribution in [0.3, 0.4) is 0 Å². The van der Waals surface area contributed by atoms with Crippen LogP contribution in [0.2, 0.25) is 0 Å². The molecule has 0 aliphatic carbocycles. The quantitative estimate of drug-likeness (QED) is 0.683. The Morgan fingerprint density at radius 1 is 1.19 bits per heavy atom. The Bertz CT molecular complexity index is 933. The number of aromatic nitrogens is 3. The molecule has 0 bridgehead atoms. The molecule has 3 heterocycles. The van der Waals surface area contributed by atoms with Gasteiger partial charge in [0.05, 0.1) is 31.7 Å². The first-order chi connectivity index (χ1) is 12.7. The average molecular weight is 354 g/mol. The molecule has 136 valence electrons. The predicted octanol–water partition coefficient (Wildman–Crippen LogP) is 1.40. The van der Waals surface area contributed by atoms with Gasteiger partial charge in [0.2, 0.25) is 0 Å². The molecule has 1 aromatic carbocycles. The van der Waals surface area contributed by atoms with Crippen molar-refractivity contribution >= 4 is 17.0 Å². The maximum absolute atomic E-state index is 6.18. The van der Waals surface area contributed by atoms with Gasteiger partial charge in [0.15, 0.2) is 5.82 Å². The summed E-state index contributed by atoms with van der Waals surface area (Å²) in [7, 11) is 1.61. The Labute approximate surface area is 151 Å². The largest absolute Gasteiger partial charge is 0.495 e. The van der Waals surface area contributed by atoms with E-state index in [0.717, 1.165) is 55.2 Å². The number of anilines is 2. The number of nitrogen functional groups attached to an aromatic ring is 2. The van der Waals surface area contributed by atoms with Crippen LogP contribution in [-0.2, 0) is 11.3 Å². The van der Waals surface area contributed by atoms with Crippen molar-refractivity contribution in [2.45, 2.75) is 6.54 Å². The number of nitrogens with zero attached hydrogens (tertiary/aromatic N) is 4. The molecule has 26 heavy (non-hydrogen) atoms. The summed E-state index contributed by atoms with van der Waals surface area (Å²) in [5.74, 6) is 1.08. The normalized spacial score (nSPS) is 15.4. The predicted molar refractivity (Wildman–Crippen MR) is 99.9 cm³/mol. The standard InChI is InChI=1S/C18H22N6O2/c1-25-16-8-12(2-3-15(16)19)14-9-13(10-23-4-6-26-7-5-23)24-17(14)18(20)21-11-22-24/h2-3,8-9,11H,4-7,10,19H2,1H3,(H2,20,21,22). The molecule has 8 nitrogen and oxygen atoms in total. The van der Waals surface area contributed by atoms with E-state index in [-0.39, 0.29) is 0 Å². The van der Waals surface area contributed by atoms with E-state index in [0.29, 0.717) is 17.3 Å². The van der Waals surface area contributed by atoms with Crippen LogP contribution < -0.4 is 16.2 Å². The number of nitrogens with two attached hydrogens (primary N) is 2. The van der Waals surface area contributed by atoms with Gasteiger partial charge >= 0.3 is 0 Å². The van der Waals surface area contributed by atoms with Gasteiger partial charge in [-0.3, -0.25) is 4.90 Å². The average Bonchev–Trinajstić information content (AvgIpc) is 3.03. The highest BCUT2D eigenvalue weighted by atomic mass is 16.5. The number of hydrogen-bond donors (Lipinski definition) is 2. The van der Waals surface area contributed by atoms with Gasteiger partial charge in [-0.15, -0.1) is 0 Å². The van der Waals surface area contributed by atoms with E-state index in [9.17, 15) is 0 Å². The minimum absolute atomic E-state index is 0.444. The zero-order valence-corrected chi connectivity index (χ0v) is 14.7. The maximum Gasteiger partial charge on any atom is 0.151 e. The SMILES string of the molecule is COc1cc(-c2cc(CN3CCOCC3)n3ncnc(N)c23)ccc1N. The maximum atomic E-state index is 6.18. The molecular formula is C18H22N6O2. The van der Waals surface area contributed by atoms with Crippen LogP contribution in [0.1, 0.15) is 5.69 Å². The Kier molecular flexibility index (Phi) is 4.36. The second-order valence-electron chi connectivity index (χ2n) is 6.30. The fourth-order valence-electron chi connectivity index (χ4n) is 3.33. The van der Waals surface area contributed by atoms with Crippen LogP contribution in [0.25, 0.3) is 16.6 Å². The number of morpholine rings is 1. The third-order valence-corrected chi connectivity index (χ3v) is 4.69. The molecule has 0 unspecified atom stereocenters. The van der Waals surface area contributed by atoms with Crippen molar-refractivity contribution < 1.29 is 9.47 Å². The first-order valence-corrected chi connectivity index (χ1v) is 8.52. The van der Waals surface area contributed by atoms with Crippen LogP contribution >= 0.6 is 0 Å². The molecule has 0 amide bonds. The van der Waals surface area contributed by atoms with E-state index in [4.69, 9.17) is 20.9 Å². The van der Waals surface area contributed by atoms with Gasteiger partial charge in [-0.05, 0) is 23.8 Å². The Balaban J connectivity index is 1.81. The summed E-state index contributed by atoms with van der Waals surface area (Å²) in [5.41, 5.74) is 16.5. The van der Waals surface area contributed by atoms with E-state index in [2.05, 4.69) is 21.0 Å². The summed E-state index contributed by atoms with van der Waals surface area (Å²) in [6, 6.07) is 7.81. The van der Waals surface area contributed by atoms with Gasteiger partial charge in [0, 0.05) is 25.2 Å². The fourth-order valence-corrected chi connectivity index (χ4v) is 3.33. The molecule has 1 aliphatic heterocycles. The number of rotatable bonds is 4. The lowest BCUT2D eigenvalue weighted by atomic mass is 10.1. The summed E-state index contributed by atoms with van der Waals surface area (Å²) in [5, 5.41) is 4.43. The highest BCUT2D eigenvalue weighted by Gasteiger charge is 2.19. The lowest BCUT2D eigenvalue weighted by Gasteiger charge is -2.26. The summed E-state index contributed by atoms with van der Waals surface area (Å²) in [4.78, 5) is 6.51. The number of benzene rings is 1. The molecule has 0 radical (unpaired) electrons. The van der Waals surface area contributed by atoms with Crippen LogP contribution in [0.4, 0.5) is 11.5 Å². The van der Waals surface area contributed by atoms with Crippen LogP contribution in [0, 0.1) is 0 Å². The smallest absolute Gasteiger partial charge is 0.151 e. The van der Waals surface area contributed by atoms with Crippen molar-refractivity contribution in [2.24, 2.45) is 0 Å². The molecule has 1 saturated heterocycles. The van der Waals surface area contributed by atoms with Gasteiger partial charge in [0.25, 0.3) is 0 Å². The number of ether oxygens (including phenoxy) is 2.